The molecule has 4 rings (SSSR count). The van der Waals surface area contributed by atoms with E-state index in [4.69, 9.17) is 16.3 Å². The van der Waals surface area contributed by atoms with E-state index in [0.717, 1.165) is 66.7 Å². The van der Waals surface area contributed by atoms with Crippen molar-refractivity contribution in [3.63, 3.8) is 0 Å². The Morgan fingerprint density at radius 1 is 1.17 bits per heavy atom. The van der Waals surface area contributed by atoms with E-state index in [-0.39, 0.29) is 5.41 Å². The summed E-state index contributed by atoms with van der Waals surface area (Å²) >= 11 is 8.29. The van der Waals surface area contributed by atoms with Gasteiger partial charge in [-0.1, -0.05) is 11.6 Å². The Morgan fingerprint density at radius 2 is 2.00 bits per heavy atom. The molecule has 0 amide bonds. The van der Waals surface area contributed by atoms with Crippen molar-refractivity contribution >= 4 is 34.3 Å². The van der Waals surface area contributed by atoms with E-state index in [1.807, 2.05) is 30.5 Å². The number of pyridine rings is 2. The highest BCUT2D eigenvalue weighted by molar-refractivity contribution is 7.99. The standard InChI is InChI=1S/C27H34ClN3O3S/c1-34-19-6-7-23-21(16-19)26(22(28)18-31-23)24(32)8-9-27(10-13-29-14-11-27)25(33)5-3-15-35-20-4-2-12-30-17-20/h2,4,6-7,12,16-18,24-25,29,32-33H,3,5,8-11,13-15H2,1H3/t24-,25+/m1/s1. The molecule has 1 saturated heterocycles. The molecule has 0 saturated carbocycles. The topological polar surface area (TPSA) is 87.5 Å². The first-order valence-corrected chi connectivity index (χ1v) is 13.6. The second-order valence-electron chi connectivity index (χ2n) is 9.26. The van der Waals surface area contributed by atoms with E-state index in [1.54, 1.807) is 31.3 Å². The lowest BCUT2D eigenvalue weighted by Gasteiger charge is -2.42. The number of benzene rings is 1. The Hall–Kier alpha value is -1.90. The van der Waals surface area contributed by atoms with Crippen molar-refractivity contribution in [1.82, 2.24) is 15.3 Å². The van der Waals surface area contributed by atoms with Gasteiger partial charge in [0, 0.05) is 34.4 Å². The zero-order valence-corrected chi connectivity index (χ0v) is 21.7. The predicted molar refractivity (Wildman–Crippen MR) is 142 cm³/mol. The molecule has 0 aliphatic carbocycles. The van der Waals surface area contributed by atoms with Crippen molar-refractivity contribution in [1.29, 1.82) is 0 Å². The highest BCUT2D eigenvalue weighted by atomic mass is 35.5. The van der Waals surface area contributed by atoms with Crippen LogP contribution in [0.1, 0.15) is 50.2 Å². The lowest BCUT2D eigenvalue weighted by molar-refractivity contribution is -0.0201. The SMILES string of the molecule is COc1ccc2ncc(Cl)c([C@H](O)CCC3([C@@H](O)CCCSc4cccnc4)CCNCC3)c2c1. The minimum absolute atomic E-state index is 0.210. The third-order valence-corrected chi connectivity index (χ3v) is 8.52. The van der Waals surface area contributed by atoms with Gasteiger partial charge in [-0.2, -0.15) is 0 Å². The van der Waals surface area contributed by atoms with Crippen molar-refractivity contribution in [2.75, 3.05) is 26.0 Å². The van der Waals surface area contributed by atoms with Crippen LogP contribution in [-0.2, 0) is 0 Å². The summed E-state index contributed by atoms with van der Waals surface area (Å²) in [5, 5.41) is 27.3. The first-order valence-electron chi connectivity index (χ1n) is 12.2. The number of nitrogens with one attached hydrogen (secondary N) is 1. The number of piperidine rings is 1. The number of aliphatic hydroxyl groups excluding tert-OH is 2. The second-order valence-corrected chi connectivity index (χ2v) is 10.8. The molecule has 0 bridgehead atoms. The van der Waals surface area contributed by atoms with Crippen molar-refractivity contribution < 1.29 is 14.9 Å². The normalized spacial score (nSPS) is 17.3. The monoisotopic (exact) mass is 515 g/mol. The van der Waals surface area contributed by atoms with E-state index in [0.29, 0.717) is 22.8 Å². The summed E-state index contributed by atoms with van der Waals surface area (Å²) in [5.41, 5.74) is 1.24. The molecule has 1 aromatic carbocycles. The van der Waals surface area contributed by atoms with E-state index >= 15 is 0 Å². The zero-order chi connectivity index (χ0) is 24.7. The Balaban J connectivity index is 1.43. The van der Waals surface area contributed by atoms with Crippen molar-refractivity contribution in [2.24, 2.45) is 5.41 Å². The summed E-state index contributed by atoms with van der Waals surface area (Å²) in [5.74, 6) is 1.64. The number of fused-ring (bicyclic) bond motifs is 1. The van der Waals surface area contributed by atoms with Crippen molar-refractivity contribution in [2.45, 2.75) is 55.6 Å². The lowest BCUT2D eigenvalue weighted by atomic mass is 9.69. The Morgan fingerprint density at radius 3 is 2.74 bits per heavy atom. The number of nitrogens with zero attached hydrogens (tertiary/aromatic N) is 2. The van der Waals surface area contributed by atoms with Gasteiger partial charge in [-0.05, 0) is 93.1 Å². The zero-order valence-electron chi connectivity index (χ0n) is 20.1. The van der Waals surface area contributed by atoms with Gasteiger partial charge in [-0.25, -0.2) is 0 Å². The maximum atomic E-state index is 11.3. The van der Waals surface area contributed by atoms with Gasteiger partial charge in [-0.3, -0.25) is 9.97 Å². The Bertz CT molecular complexity index is 1100. The summed E-state index contributed by atoms with van der Waals surface area (Å²) in [4.78, 5) is 9.72. The molecule has 6 nitrogen and oxygen atoms in total. The van der Waals surface area contributed by atoms with E-state index in [2.05, 4.69) is 21.4 Å². The predicted octanol–water partition coefficient (Wildman–Crippen LogP) is 5.41. The van der Waals surface area contributed by atoms with Gasteiger partial charge < -0.3 is 20.3 Å². The van der Waals surface area contributed by atoms with Crippen LogP contribution in [0.15, 0.2) is 53.8 Å². The summed E-state index contributed by atoms with van der Waals surface area (Å²) in [6, 6.07) is 9.62. The molecule has 1 aliphatic rings. The fraction of sp³-hybridized carbons (Fsp3) is 0.481. The quantitative estimate of drug-likeness (QED) is 0.232. The average Bonchev–Trinajstić information content (AvgIpc) is 2.90. The Kier molecular flexibility index (Phi) is 9.25. The molecule has 188 valence electrons. The molecule has 0 spiro atoms. The molecule has 2 aromatic heterocycles. The minimum Gasteiger partial charge on any atom is -0.497 e. The van der Waals surface area contributed by atoms with E-state index < -0.39 is 12.2 Å². The van der Waals surface area contributed by atoms with Crippen LogP contribution in [0.2, 0.25) is 5.02 Å². The highest BCUT2D eigenvalue weighted by Gasteiger charge is 2.39. The van der Waals surface area contributed by atoms with Gasteiger partial charge in [0.15, 0.2) is 0 Å². The number of hydrogen-bond donors (Lipinski definition) is 3. The van der Waals surface area contributed by atoms with Gasteiger partial charge in [0.05, 0.1) is 29.9 Å². The van der Waals surface area contributed by atoms with Gasteiger partial charge >= 0.3 is 0 Å². The van der Waals surface area contributed by atoms with Gasteiger partial charge in [0.1, 0.15) is 5.75 Å². The van der Waals surface area contributed by atoms with Crippen LogP contribution in [0.5, 0.6) is 5.75 Å². The van der Waals surface area contributed by atoms with Gasteiger partial charge in [0.2, 0.25) is 0 Å². The van der Waals surface area contributed by atoms with E-state index in [1.165, 1.54) is 0 Å². The van der Waals surface area contributed by atoms with Crippen molar-refractivity contribution in [3.05, 3.63) is 59.5 Å². The lowest BCUT2D eigenvalue weighted by Crippen LogP contribution is -2.44. The van der Waals surface area contributed by atoms with E-state index in [9.17, 15) is 10.2 Å². The smallest absolute Gasteiger partial charge is 0.119 e. The first kappa shape index (κ1) is 26.2. The maximum Gasteiger partial charge on any atom is 0.119 e. The summed E-state index contributed by atoms with van der Waals surface area (Å²) in [7, 11) is 1.62. The number of aromatic nitrogens is 2. The Labute approximate surface area is 216 Å². The molecule has 2 atom stereocenters. The minimum atomic E-state index is -0.750. The highest BCUT2D eigenvalue weighted by Crippen LogP contribution is 2.43. The molecule has 3 aromatic rings. The molecule has 0 radical (unpaired) electrons. The molecule has 3 heterocycles. The number of halogens is 1. The fourth-order valence-corrected chi connectivity index (χ4v) is 6.22. The molecule has 3 N–H and O–H groups in total. The summed E-state index contributed by atoms with van der Waals surface area (Å²) in [6.07, 6.45) is 8.83. The number of hydrogen-bond acceptors (Lipinski definition) is 7. The van der Waals surface area contributed by atoms with Crippen LogP contribution in [0, 0.1) is 5.41 Å². The second kappa shape index (κ2) is 12.4. The van der Waals surface area contributed by atoms with Crippen molar-refractivity contribution in [3.8, 4) is 5.75 Å². The van der Waals surface area contributed by atoms with Gasteiger partial charge in [0.25, 0.3) is 0 Å². The summed E-state index contributed by atoms with van der Waals surface area (Å²) < 4.78 is 5.38. The average molecular weight is 516 g/mol. The fourth-order valence-electron chi connectivity index (χ4n) is 5.08. The molecule has 1 aliphatic heterocycles. The van der Waals surface area contributed by atoms with Gasteiger partial charge in [-0.15, -0.1) is 11.8 Å². The molecule has 0 unspecified atom stereocenters. The number of methoxy groups -OCH3 is 1. The molecular formula is C27H34ClN3O3S. The largest absolute Gasteiger partial charge is 0.497 e. The van der Waals surface area contributed by atoms with Crippen LogP contribution in [0.4, 0.5) is 0 Å². The third kappa shape index (κ3) is 6.46. The van der Waals surface area contributed by atoms with Crippen LogP contribution in [0.25, 0.3) is 10.9 Å². The maximum absolute atomic E-state index is 11.3. The van der Waals surface area contributed by atoms with Crippen LogP contribution >= 0.6 is 23.4 Å². The van der Waals surface area contributed by atoms with Crippen LogP contribution < -0.4 is 10.1 Å². The number of thioether (sulfide) groups is 1. The molecule has 1 fully saturated rings. The van der Waals surface area contributed by atoms with Crippen LogP contribution in [-0.4, -0.2) is 52.2 Å². The molecule has 8 heteroatoms. The summed E-state index contributed by atoms with van der Waals surface area (Å²) in [6.45, 7) is 1.77. The molecular weight excluding hydrogens is 482 g/mol. The number of aliphatic hydroxyl groups is 2. The molecule has 35 heavy (non-hydrogen) atoms. The van der Waals surface area contributed by atoms with Crippen LogP contribution in [0.3, 0.4) is 0 Å². The number of ether oxygens (including phenoxy) is 1. The third-order valence-electron chi connectivity index (χ3n) is 7.15. The first-order chi connectivity index (χ1) is 17.0. The number of rotatable bonds is 11.